The molecule has 2 aromatic rings. The van der Waals surface area contributed by atoms with Crippen LogP contribution in [-0.2, 0) is 0 Å². The third-order valence-corrected chi connectivity index (χ3v) is 2.87. The molecule has 5 heteroatoms. The van der Waals surface area contributed by atoms with E-state index in [9.17, 15) is 0 Å². The molecule has 2 heterocycles. The van der Waals surface area contributed by atoms with Crippen molar-refractivity contribution in [2.75, 3.05) is 5.73 Å². The molecule has 0 unspecified atom stereocenters. The maximum absolute atomic E-state index is 5.93. The van der Waals surface area contributed by atoms with E-state index < -0.39 is 0 Å². The van der Waals surface area contributed by atoms with Crippen molar-refractivity contribution >= 4 is 28.8 Å². The Morgan fingerprint density at radius 3 is 2.85 bits per heavy atom. The molecule has 0 bridgehead atoms. The van der Waals surface area contributed by atoms with Crippen LogP contribution < -0.4 is 5.73 Å². The van der Waals surface area contributed by atoms with Crippen molar-refractivity contribution in [2.24, 2.45) is 0 Å². The van der Waals surface area contributed by atoms with Gasteiger partial charge in [-0.3, -0.25) is 4.98 Å². The molecule has 2 rings (SSSR count). The Kier molecular flexibility index (Phi) is 2.16. The number of anilines is 1. The van der Waals surface area contributed by atoms with E-state index in [-0.39, 0.29) is 0 Å². The molecule has 66 valence electrons. The van der Waals surface area contributed by atoms with Crippen LogP contribution in [0, 0.1) is 0 Å². The smallest absolute Gasteiger partial charge is 0.142 e. The highest BCUT2D eigenvalue weighted by Gasteiger charge is 2.06. The molecule has 13 heavy (non-hydrogen) atoms. The SMILES string of the molecule is Nc1cncc(-c2sccc2Cl)n1. The van der Waals surface area contributed by atoms with Crippen molar-refractivity contribution in [3.8, 4) is 10.6 Å². The van der Waals surface area contributed by atoms with Crippen molar-refractivity contribution < 1.29 is 0 Å². The third-order valence-electron chi connectivity index (χ3n) is 1.50. The molecule has 0 radical (unpaired) electrons. The van der Waals surface area contributed by atoms with E-state index in [1.807, 2.05) is 11.4 Å². The van der Waals surface area contributed by atoms with E-state index in [2.05, 4.69) is 9.97 Å². The number of aromatic nitrogens is 2. The van der Waals surface area contributed by atoms with Gasteiger partial charge >= 0.3 is 0 Å². The zero-order valence-electron chi connectivity index (χ0n) is 6.57. The standard InChI is InChI=1S/C8H6ClN3S/c9-5-1-2-13-8(5)6-3-11-4-7(10)12-6/h1-4H,(H2,10,12). The van der Waals surface area contributed by atoms with E-state index in [0.717, 1.165) is 10.6 Å². The van der Waals surface area contributed by atoms with Gasteiger partial charge in [-0.1, -0.05) is 11.6 Å². The Morgan fingerprint density at radius 2 is 2.23 bits per heavy atom. The summed E-state index contributed by atoms with van der Waals surface area (Å²) in [5.41, 5.74) is 6.22. The van der Waals surface area contributed by atoms with Gasteiger partial charge in [0.25, 0.3) is 0 Å². The number of hydrogen-bond acceptors (Lipinski definition) is 4. The van der Waals surface area contributed by atoms with Gasteiger partial charge in [0, 0.05) is 0 Å². The number of halogens is 1. The van der Waals surface area contributed by atoms with Crippen LogP contribution in [0.2, 0.25) is 5.02 Å². The van der Waals surface area contributed by atoms with Gasteiger partial charge in [0.1, 0.15) is 11.5 Å². The minimum absolute atomic E-state index is 0.405. The third kappa shape index (κ3) is 1.64. The molecule has 2 aromatic heterocycles. The van der Waals surface area contributed by atoms with E-state index in [0.29, 0.717) is 10.8 Å². The normalized spacial score (nSPS) is 10.2. The van der Waals surface area contributed by atoms with Gasteiger partial charge in [-0.2, -0.15) is 0 Å². The summed E-state index contributed by atoms with van der Waals surface area (Å²) >= 11 is 7.45. The molecular formula is C8H6ClN3S. The summed E-state index contributed by atoms with van der Waals surface area (Å²) in [7, 11) is 0. The van der Waals surface area contributed by atoms with Crippen LogP contribution >= 0.6 is 22.9 Å². The first-order valence-electron chi connectivity index (χ1n) is 3.58. The topological polar surface area (TPSA) is 51.8 Å². The first-order valence-corrected chi connectivity index (χ1v) is 4.84. The molecular weight excluding hydrogens is 206 g/mol. The van der Waals surface area contributed by atoms with Crippen LogP contribution in [0.25, 0.3) is 10.6 Å². The number of hydrogen-bond donors (Lipinski definition) is 1. The minimum atomic E-state index is 0.405. The lowest BCUT2D eigenvalue weighted by atomic mass is 10.3. The van der Waals surface area contributed by atoms with Crippen molar-refractivity contribution in [2.45, 2.75) is 0 Å². The first kappa shape index (κ1) is 8.47. The Bertz CT molecular complexity index is 427. The maximum Gasteiger partial charge on any atom is 0.142 e. The van der Waals surface area contributed by atoms with Gasteiger partial charge < -0.3 is 5.73 Å². The van der Waals surface area contributed by atoms with Gasteiger partial charge in [0.05, 0.1) is 22.3 Å². The minimum Gasteiger partial charge on any atom is -0.382 e. The van der Waals surface area contributed by atoms with Crippen LogP contribution in [0.3, 0.4) is 0 Å². The molecule has 0 aliphatic heterocycles. The molecule has 0 atom stereocenters. The van der Waals surface area contributed by atoms with Crippen molar-refractivity contribution in [3.05, 3.63) is 28.9 Å². The zero-order chi connectivity index (χ0) is 9.26. The van der Waals surface area contributed by atoms with E-state index in [1.165, 1.54) is 17.5 Å². The van der Waals surface area contributed by atoms with Crippen LogP contribution in [0.5, 0.6) is 0 Å². The van der Waals surface area contributed by atoms with Gasteiger partial charge in [0.15, 0.2) is 0 Å². The number of nitrogens with zero attached hydrogens (tertiary/aromatic N) is 2. The van der Waals surface area contributed by atoms with Crippen LogP contribution in [0.1, 0.15) is 0 Å². The highest BCUT2D eigenvalue weighted by molar-refractivity contribution is 7.14. The summed E-state index contributed by atoms with van der Waals surface area (Å²) < 4.78 is 0. The second-order valence-corrected chi connectivity index (χ2v) is 3.75. The van der Waals surface area contributed by atoms with Crippen LogP contribution in [0.15, 0.2) is 23.8 Å². The van der Waals surface area contributed by atoms with Gasteiger partial charge in [-0.15, -0.1) is 11.3 Å². The molecule has 0 aliphatic carbocycles. The second kappa shape index (κ2) is 3.32. The average molecular weight is 212 g/mol. The molecule has 0 aromatic carbocycles. The van der Waals surface area contributed by atoms with Gasteiger partial charge in [-0.05, 0) is 11.4 Å². The van der Waals surface area contributed by atoms with Crippen LogP contribution in [0.4, 0.5) is 5.82 Å². The Hall–Kier alpha value is -1.13. The second-order valence-electron chi connectivity index (χ2n) is 2.43. The summed E-state index contributed by atoms with van der Waals surface area (Å²) in [6, 6.07) is 1.83. The predicted octanol–water partition coefficient (Wildman–Crippen LogP) is 2.44. The molecule has 0 spiro atoms. The monoisotopic (exact) mass is 211 g/mol. The first-order chi connectivity index (χ1) is 6.27. The molecule has 0 fully saturated rings. The molecule has 0 amide bonds. The number of nitrogens with two attached hydrogens (primary N) is 1. The fourth-order valence-corrected chi connectivity index (χ4v) is 2.08. The molecule has 2 N–H and O–H groups in total. The molecule has 0 saturated carbocycles. The van der Waals surface area contributed by atoms with Crippen molar-refractivity contribution in [1.29, 1.82) is 0 Å². The quantitative estimate of drug-likeness (QED) is 0.788. The van der Waals surface area contributed by atoms with Crippen LogP contribution in [-0.4, -0.2) is 9.97 Å². The van der Waals surface area contributed by atoms with Gasteiger partial charge in [-0.25, -0.2) is 4.98 Å². The van der Waals surface area contributed by atoms with Gasteiger partial charge in [0.2, 0.25) is 0 Å². The molecule has 3 nitrogen and oxygen atoms in total. The highest BCUT2D eigenvalue weighted by atomic mass is 35.5. The average Bonchev–Trinajstić information content (AvgIpc) is 2.51. The number of rotatable bonds is 1. The maximum atomic E-state index is 5.93. The number of nitrogen functional groups attached to an aromatic ring is 1. The summed E-state index contributed by atoms with van der Waals surface area (Å²) in [6.07, 6.45) is 3.15. The molecule has 0 saturated heterocycles. The zero-order valence-corrected chi connectivity index (χ0v) is 8.14. The lowest BCUT2D eigenvalue weighted by Crippen LogP contribution is -1.92. The highest BCUT2D eigenvalue weighted by Crippen LogP contribution is 2.31. The summed E-state index contributed by atoms with van der Waals surface area (Å²) in [4.78, 5) is 8.96. The summed E-state index contributed by atoms with van der Waals surface area (Å²) in [6.45, 7) is 0. The predicted molar refractivity (Wildman–Crippen MR) is 54.8 cm³/mol. The fraction of sp³-hybridized carbons (Fsp3) is 0. The van der Waals surface area contributed by atoms with E-state index in [4.69, 9.17) is 17.3 Å². The number of thiophene rings is 1. The Balaban J connectivity index is 2.53. The molecule has 0 aliphatic rings. The Labute approximate surface area is 84.2 Å². The van der Waals surface area contributed by atoms with E-state index in [1.54, 1.807) is 6.20 Å². The lowest BCUT2D eigenvalue weighted by molar-refractivity contribution is 1.22. The summed E-state index contributed by atoms with van der Waals surface area (Å²) in [5.74, 6) is 0.405. The fourth-order valence-electron chi connectivity index (χ4n) is 0.967. The largest absolute Gasteiger partial charge is 0.382 e. The van der Waals surface area contributed by atoms with E-state index >= 15 is 0 Å². The summed E-state index contributed by atoms with van der Waals surface area (Å²) in [5, 5.41) is 2.59. The van der Waals surface area contributed by atoms with Crippen molar-refractivity contribution in [3.63, 3.8) is 0 Å². The Morgan fingerprint density at radius 1 is 1.38 bits per heavy atom. The lowest BCUT2D eigenvalue weighted by Gasteiger charge is -1.97. The van der Waals surface area contributed by atoms with Crippen molar-refractivity contribution in [1.82, 2.24) is 9.97 Å².